The van der Waals surface area contributed by atoms with E-state index in [1.54, 1.807) is 11.8 Å². The second-order valence-electron chi connectivity index (χ2n) is 3.58. The summed E-state index contributed by atoms with van der Waals surface area (Å²) in [5.74, 6) is 1.78. The molecule has 0 radical (unpaired) electrons. The quantitative estimate of drug-likeness (QED) is 0.658. The van der Waals surface area contributed by atoms with Gasteiger partial charge in [-0.3, -0.25) is 0 Å². The molecule has 0 aliphatic carbocycles. The highest BCUT2D eigenvalue weighted by Gasteiger charge is 2.05. The second kappa shape index (κ2) is 6.45. The van der Waals surface area contributed by atoms with Gasteiger partial charge >= 0.3 is 0 Å². The Labute approximate surface area is 123 Å². The van der Waals surface area contributed by atoms with Crippen molar-refractivity contribution >= 4 is 44.2 Å². The summed E-state index contributed by atoms with van der Waals surface area (Å²) in [6, 6.07) is 7.84. The SMILES string of the molecule is Cc1nc(N)sc1SCCOc1ccc(Br)cc1. The molecule has 1 aromatic heterocycles. The molecule has 6 heteroatoms. The number of anilines is 1. The summed E-state index contributed by atoms with van der Waals surface area (Å²) < 4.78 is 7.87. The third kappa shape index (κ3) is 3.90. The molecule has 0 atom stereocenters. The number of aryl methyl sites for hydroxylation is 1. The fourth-order valence-corrected chi connectivity index (χ4v) is 3.54. The lowest BCUT2D eigenvalue weighted by Gasteiger charge is -2.05. The van der Waals surface area contributed by atoms with Crippen LogP contribution in [0.1, 0.15) is 5.69 Å². The lowest BCUT2D eigenvalue weighted by molar-refractivity contribution is 0.344. The lowest BCUT2D eigenvalue weighted by Crippen LogP contribution is -1.99. The van der Waals surface area contributed by atoms with Gasteiger partial charge in [0.25, 0.3) is 0 Å². The van der Waals surface area contributed by atoms with Gasteiger partial charge < -0.3 is 10.5 Å². The summed E-state index contributed by atoms with van der Waals surface area (Å²) in [6.45, 7) is 2.65. The van der Waals surface area contributed by atoms with Crippen LogP contribution in [-0.4, -0.2) is 17.3 Å². The number of thiazole rings is 1. The Bertz CT molecular complexity index is 513. The third-order valence-corrected chi connectivity index (χ3v) is 5.01. The van der Waals surface area contributed by atoms with Gasteiger partial charge in [0, 0.05) is 10.2 Å². The first-order valence-electron chi connectivity index (χ1n) is 5.39. The molecule has 0 unspecified atom stereocenters. The number of thioether (sulfide) groups is 1. The molecule has 0 saturated carbocycles. The Kier molecular flexibility index (Phi) is 4.91. The van der Waals surface area contributed by atoms with Crippen molar-refractivity contribution in [2.75, 3.05) is 18.1 Å². The molecule has 2 aromatic rings. The van der Waals surface area contributed by atoms with E-state index in [0.717, 1.165) is 21.7 Å². The molecule has 0 fully saturated rings. The van der Waals surface area contributed by atoms with Gasteiger partial charge in [-0.1, -0.05) is 27.3 Å². The van der Waals surface area contributed by atoms with Crippen molar-refractivity contribution in [2.24, 2.45) is 0 Å². The van der Waals surface area contributed by atoms with E-state index >= 15 is 0 Å². The predicted octanol–water partition coefficient (Wildman–Crippen LogP) is 3.97. The van der Waals surface area contributed by atoms with Gasteiger partial charge in [-0.2, -0.15) is 0 Å². The fraction of sp³-hybridized carbons (Fsp3) is 0.250. The summed E-state index contributed by atoms with van der Waals surface area (Å²) in [5.41, 5.74) is 6.65. The number of hydrogen-bond acceptors (Lipinski definition) is 5. The predicted molar refractivity (Wildman–Crippen MR) is 81.6 cm³/mol. The van der Waals surface area contributed by atoms with Crippen LogP contribution in [0.4, 0.5) is 5.13 Å². The van der Waals surface area contributed by atoms with Crippen LogP contribution in [0, 0.1) is 6.92 Å². The molecule has 0 aliphatic rings. The van der Waals surface area contributed by atoms with Crippen LogP contribution in [0.25, 0.3) is 0 Å². The van der Waals surface area contributed by atoms with E-state index in [4.69, 9.17) is 10.5 Å². The van der Waals surface area contributed by atoms with Crippen LogP contribution in [0.2, 0.25) is 0 Å². The highest BCUT2D eigenvalue weighted by molar-refractivity contribution is 9.10. The monoisotopic (exact) mass is 344 g/mol. The fourth-order valence-electron chi connectivity index (χ4n) is 1.36. The van der Waals surface area contributed by atoms with E-state index in [0.29, 0.717) is 11.7 Å². The molecular formula is C12H13BrN2OS2. The van der Waals surface area contributed by atoms with Crippen LogP contribution in [0.5, 0.6) is 5.75 Å². The molecule has 0 aliphatic heterocycles. The molecule has 0 amide bonds. The summed E-state index contributed by atoms with van der Waals surface area (Å²) in [4.78, 5) is 4.19. The summed E-state index contributed by atoms with van der Waals surface area (Å²) in [5, 5.41) is 0.629. The van der Waals surface area contributed by atoms with Gasteiger partial charge in [0.1, 0.15) is 5.75 Å². The van der Waals surface area contributed by atoms with Gasteiger partial charge in [-0.15, -0.1) is 11.8 Å². The average molecular weight is 345 g/mol. The molecule has 0 bridgehead atoms. The Balaban J connectivity index is 1.76. The molecule has 18 heavy (non-hydrogen) atoms. The summed E-state index contributed by atoms with van der Waals surface area (Å²) >= 11 is 6.65. The molecule has 0 saturated heterocycles. The molecule has 1 aromatic carbocycles. The Morgan fingerprint density at radius 2 is 2.11 bits per heavy atom. The summed E-state index contributed by atoms with van der Waals surface area (Å²) in [6.07, 6.45) is 0. The maximum atomic E-state index is 5.65. The first kappa shape index (κ1) is 13.7. The number of ether oxygens (including phenoxy) is 1. The topological polar surface area (TPSA) is 48.1 Å². The van der Waals surface area contributed by atoms with Crippen LogP contribution in [-0.2, 0) is 0 Å². The van der Waals surface area contributed by atoms with Crippen LogP contribution < -0.4 is 10.5 Å². The number of hydrogen-bond donors (Lipinski definition) is 1. The zero-order valence-corrected chi connectivity index (χ0v) is 13.1. The molecule has 96 valence electrons. The van der Waals surface area contributed by atoms with Gasteiger partial charge in [-0.25, -0.2) is 4.98 Å². The smallest absolute Gasteiger partial charge is 0.181 e. The number of nitrogens with zero attached hydrogens (tertiary/aromatic N) is 1. The van der Waals surface area contributed by atoms with E-state index in [9.17, 15) is 0 Å². The average Bonchev–Trinajstić information content (AvgIpc) is 2.66. The minimum Gasteiger partial charge on any atom is -0.493 e. The Morgan fingerprint density at radius 1 is 1.39 bits per heavy atom. The minimum atomic E-state index is 0.629. The van der Waals surface area contributed by atoms with Gasteiger partial charge in [-0.05, 0) is 31.2 Å². The van der Waals surface area contributed by atoms with E-state index in [2.05, 4.69) is 20.9 Å². The van der Waals surface area contributed by atoms with Crippen molar-refractivity contribution in [3.8, 4) is 5.75 Å². The van der Waals surface area contributed by atoms with Gasteiger partial charge in [0.15, 0.2) is 5.13 Å². The van der Waals surface area contributed by atoms with Crippen molar-refractivity contribution in [2.45, 2.75) is 11.1 Å². The van der Waals surface area contributed by atoms with Crippen molar-refractivity contribution in [1.82, 2.24) is 4.98 Å². The molecule has 0 spiro atoms. The third-order valence-electron chi connectivity index (χ3n) is 2.17. The maximum absolute atomic E-state index is 5.65. The highest BCUT2D eigenvalue weighted by atomic mass is 79.9. The zero-order valence-electron chi connectivity index (χ0n) is 9.85. The van der Waals surface area contributed by atoms with E-state index in [1.807, 2.05) is 31.2 Å². The van der Waals surface area contributed by atoms with Crippen molar-refractivity contribution in [3.05, 3.63) is 34.4 Å². The standard InChI is InChI=1S/C12H13BrN2OS2/c1-8-11(18-12(14)15-8)17-7-6-16-10-4-2-9(13)3-5-10/h2-5H,6-7H2,1H3,(H2,14,15). The summed E-state index contributed by atoms with van der Waals surface area (Å²) in [7, 11) is 0. The molecule has 1 heterocycles. The second-order valence-corrected chi connectivity index (χ2v) is 6.89. The first-order valence-corrected chi connectivity index (χ1v) is 7.99. The van der Waals surface area contributed by atoms with Crippen molar-refractivity contribution in [1.29, 1.82) is 0 Å². The molecule has 2 rings (SSSR count). The molecule has 2 N–H and O–H groups in total. The number of aromatic nitrogens is 1. The number of nitrogen functional groups attached to an aromatic ring is 1. The van der Waals surface area contributed by atoms with Crippen LogP contribution >= 0.6 is 39.0 Å². The Morgan fingerprint density at radius 3 is 2.72 bits per heavy atom. The highest BCUT2D eigenvalue weighted by Crippen LogP contribution is 2.30. The van der Waals surface area contributed by atoms with Crippen LogP contribution in [0.3, 0.4) is 0 Å². The van der Waals surface area contributed by atoms with E-state index in [-0.39, 0.29) is 0 Å². The van der Waals surface area contributed by atoms with Gasteiger partial charge in [0.2, 0.25) is 0 Å². The largest absolute Gasteiger partial charge is 0.493 e. The van der Waals surface area contributed by atoms with E-state index < -0.39 is 0 Å². The van der Waals surface area contributed by atoms with Gasteiger partial charge in [0.05, 0.1) is 16.5 Å². The van der Waals surface area contributed by atoms with Crippen LogP contribution in [0.15, 0.2) is 32.9 Å². The number of benzene rings is 1. The van der Waals surface area contributed by atoms with Crippen molar-refractivity contribution in [3.63, 3.8) is 0 Å². The maximum Gasteiger partial charge on any atom is 0.181 e. The Hall–Kier alpha value is -0.720. The normalized spacial score (nSPS) is 10.6. The lowest BCUT2D eigenvalue weighted by atomic mass is 10.3. The van der Waals surface area contributed by atoms with E-state index in [1.165, 1.54) is 15.5 Å². The minimum absolute atomic E-state index is 0.629. The molecular weight excluding hydrogens is 332 g/mol. The van der Waals surface area contributed by atoms with Crippen molar-refractivity contribution < 1.29 is 4.74 Å². The number of nitrogens with two attached hydrogens (primary N) is 1. The first-order chi connectivity index (χ1) is 8.65. The number of rotatable bonds is 5. The molecule has 3 nitrogen and oxygen atoms in total. The zero-order chi connectivity index (χ0) is 13.0. The number of halogens is 1.